The molecule has 0 unspecified atom stereocenters. The van der Waals surface area contributed by atoms with Gasteiger partial charge in [0.25, 0.3) is 5.91 Å². The van der Waals surface area contributed by atoms with Crippen LogP contribution in [0.15, 0.2) is 12.3 Å². The highest BCUT2D eigenvalue weighted by molar-refractivity contribution is 7.17. The van der Waals surface area contributed by atoms with Crippen LogP contribution in [0.1, 0.15) is 21.3 Å². The summed E-state index contributed by atoms with van der Waals surface area (Å²) >= 11 is 1.25. The van der Waals surface area contributed by atoms with Crippen LogP contribution in [0.4, 0.5) is 0 Å². The fraction of sp³-hybridized carbons (Fsp3) is 0.200. The van der Waals surface area contributed by atoms with E-state index in [9.17, 15) is 4.79 Å². The maximum absolute atomic E-state index is 11.0. The van der Waals surface area contributed by atoms with Crippen molar-refractivity contribution < 1.29 is 4.79 Å². The highest BCUT2D eigenvalue weighted by atomic mass is 32.1. The minimum atomic E-state index is -0.509. The van der Waals surface area contributed by atoms with Crippen LogP contribution in [-0.2, 0) is 0 Å². The summed E-state index contributed by atoms with van der Waals surface area (Å²) in [5.41, 5.74) is 6.71. The molecule has 0 aromatic carbocycles. The van der Waals surface area contributed by atoms with Gasteiger partial charge in [-0.2, -0.15) is 0 Å². The zero-order chi connectivity index (χ0) is 11.7. The Hall–Kier alpha value is -1.82. The Morgan fingerprint density at radius 3 is 2.69 bits per heavy atom. The van der Waals surface area contributed by atoms with Gasteiger partial charge in [0.05, 0.1) is 16.3 Å². The number of rotatable bonds is 2. The molecule has 0 fully saturated rings. The summed E-state index contributed by atoms with van der Waals surface area (Å²) < 4.78 is 0. The van der Waals surface area contributed by atoms with Crippen molar-refractivity contribution in [2.75, 3.05) is 0 Å². The predicted molar refractivity (Wildman–Crippen MR) is 61.1 cm³/mol. The molecule has 5 nitrogen and oxygen atoms in total. The first kappa shape index (κ1) is 10.7. The second kappa shape index (κ2) is 3.97. The van der Waals surface area contributed by atoms with E-state index in [2.05, 4.69) is 15.0 Å². The lowest BCUT2D eigenvalue weighted by Crippen LogP contribution is -2.10. The Kier molecular flexibility index (Phi) is 2.66. The zero-order valence-corrected chi connectivity index (χ0v) is 9.71. The minimum Gasteiger partial charge on any atom is -0.364 e. The van der Waals surface area contributed by atoms with Crippen molar-refractivity contribution in [2.45, 2.75) is 13.8 Å². The Bertz CT molecular complexity index is 550. The summed E-state index contributed by atoms with van der Waals surface area (Å²) in [6.45, 7) is 3.64. The molecule has 2 aromatic heterocycles. The fourth-order valence-corrected chi connectivity index (χ4v) is 2.21. The molecule has 16 heavy (non-hydrogen) atoms. The van der Waals surface area contributed by atoms with Gasteiger partial charge in [-0.1, -0.05) is 0 Å². The van der Waals surface area contributed by atoms with Gasteiger partial charge in [0.2, 0.25) is 0 Å². The third-order valence-electron chi connectivity index (χ3n) is 2.02. The highest BCUT2D eigenvalue weighted by Crippen LogP contribution is 2.27. The molecule has 0 spiro atoms. The van der Waals surface area contributed by atoms with E-state index in [4.69, 9.17) is 5.73 Å². The third-order valence-corrected chi connectivity index (χ3v) is 3.21. The fourth-order valence-electron chi connectivity index (χ4n) is 1.32. The van der Waals surface area contributed by atoms with Crippen molar-refractivity contribution in [3.63, 3.8) is 0 Å². The van der Waals surface area contributed by atoms with E-state index in [1.165, 1.54) is 11.3 Å². The molecule has 6 heteroatoms. The Morgan fingerprint density at radius 1 is 1.38 bits per heavy atom. The van der Waals surface area contributed by atoms with Gasteiger partial charge in [-0.05, 0) is 19.9 Å². The zero-order valence-electron chi connectivity index (χ0n) is 8.89. The standard InChI is InChI=1S/C10H10N4OS/c1-5-8(16-10(13-5)9(11)15)7-3-4-12-6(2)14-7/h3-4H,1-2H3,(H2,11,15). The maximum Gasteiger partial charge on any atom is 0.277 e. The number of primary amides is 1. The topological polar surface area (TPSA) is 81.8 Å². The molecule has 0 atom stereocenters. The minimum absolute atomic E-state index is 0.309. The number of carbonyl (C=O) groups is 1. The molecule has 82 valence electrons. The summed E-state index contributed by atoms with van der Waals surface area (Å²) in [7, 11) is 0. The van der Waals surface area contributed by atoms with E-state index >= 15 is 0 Å². The molecule has 0 aliphatic rings. The van der Waals surface area contributed by atoms with E-state index < -0.39 is 5.91 Å². The van der Waals surface area contributed by atoms with Gasteiger partial charge in [-0.25, -0.2) is 15.0 Å². The maximum atomic E-state index is 11.0. The van der Waals surface area contributed by atoms with Crippen LogP contribution >= 0.6 is 11.3 Å². The second-order valence-electron chi connectivity index (χ2n) is 3.29. The molecule has 0 saturated carbocycles. The first-order valence-corrected chi connectivity index (χ1v) is 5.47. The van der Waals surface area contributed by atoms with Gasteiger partial charge in [-0.3, -0.25) is 4.79 Å². The number of carbonyl (C=O) groups excluding carboxylic acids is 1. The smallest absolute Gasteiger partial charge is 0.277 e. The van der Waals surface area contributed by atoms with Crippen molar-refractivity contribution in [3.8, 4) is 10.6 Å². The summed E-state index contributed by atoms with van der Waals surface area (Å²) in [6, 6.07) is 1.79. The van der Waals surface area contributed by atoms with E-state index in [0.717, 1.165) is 16.3 Å². The third kappa shape index (κ3) is 1.92. The van der Waals surface area contributed by atoms with E-state index in [0.29, 0.717) is 10.8 Å². The van der Waals surface area contributed by atoms with Crippen LogP contribution in [-0.4, -0.2) is 20.9 Å². The van der Waals surface area contributed by atoms with Crippen molar-refractivity contribution in [3.05, 3.63) is 28.8 Å². The molecule has 2 heterocycles. The number of thiazole rings is 1. The SMILES string of the molecule is Cc1nccc(-c2sc(C(N)=O)nc2C)n1. The van der Waals surface area contributed by atoms with Gasteiger partial charge in [0.15, 0.2) is 5.01 Å². The monoisotopic (exact) mass is 234 g/mol. The number of hydrogen-bond acceptors (Lipinski definition) is 5. The first-order valence-electron chi connectivity index (χ1n) is 4.65. The second-order valence-corrected chi connectivity index (χ2v) is 4.29. The molecule has 0 bridgehead atoms. The van der Waals surface area contributed by atoms with Gasteiger partial charge in [-0.15, -0.1) is 11.3 Å². The van der Waals surface area contributed by atoms with Gasteiger partial charge in [0.1, 0.15) is 5.82 Å². The average Bonchev–Trinajstić information content (AvgIpc) is 2.60. The van der Waals surface area contributed by atoms with E-state index in [1.807, 2.05) is 13.8 Å². The van der Waals surface area contributed by atoms with Crippen LogP contribution in [0.25, 0.3) is 10.6 Å². The highest BCUT2D eigenvalue weighted by Gasteiger charge is 2.14. The predicted octanol–water partition coefficient (Wildman–Crippen LogP) is 1.32. The number of aryl methyl sites for hydroxylation is 2. The van der Waals surface area contributed by atoms with Crippen LogP contribution in [0.3, 0.4) is 0 Å². The quantitative estimate of drug-likeness (QED) is 0.849. The van der Waals surface area contributed by atoms with Crippen molar-refractivity contribution in [2.24, 2.45) is 5.73 Å². The van der Waals surface area contributed by atoms with Crippen molar-refractivity contribution in [1.82, 2.24) is 15.0 Å². The summed E-state index contributed by atoms with van der Waals surface area (Å²) in [5.74, 6) is 0.177. The van der Waals surface area contributed by atoms with E-state index in [-0.39, 0.29) is 0 Å². The number of hydrogen-bond donors (Lipinski definition) is 1. The molecular formula is C10H10N4OS. The largest absolute Gasteiger partial charge is 0.364 e. The number of nitrogens with zero attached hydrogens (tertiary/aromatic N) is 3. The molecule has 2 N–H and O–H groups in total. The molecule has 0 saturated heterocycles. The molecule has 0 aliphatic carbocycles. The van der Waals surface area contributed by atoms with Crippen LogP contribution in [0.5, 0.6) is 0 Å². The van der Waals surface area contributed by atoms with Crippen molar-refractivity contribution in [1.29, 1.82) is 0 Å². The first-order chi connectivity index (χ1) is 7.58. The molecular weight excluding hydrogens is 224 g/mol. The Balaban J connectivity index is 2.52. The Morgan fingerprint density at radius 2 is 2.12 bits per heavy atom. The van der Waals surface area contributed by atoms with E-state index in [1.54, 1.807) is 12.3 Å². The number of nitrogens with two attached hydrogens (primary N) is 1. The molecule has 0 radical (unpaired) electrons. The lowest BCUT2D eigenvalue weighted by molar-refractivity contribution is 0.1000. The summed E-state index contributed by atoms with van der Waals surface area (Å²) in [5, 5.41) is 0.309. The molecule has 1 amide bonds. The van der Waals surface area contributed by atoms with Crippen LogP contribution < -0.4 is 5.73 Å². The van der Waals surface area contributed by atoms with Gasteiger partial charge >= 0.3 is 0 Å². The molecule has 2 rings (SSSR count). The number of aromatic nitrogens is 3. The van der Waals surface area contributed by atoms with Crippen molar-refractivity contribution >= 4 is 17.2 Å². The number of amides is 1. The Labute approximate surface area is 96.4 Å². The summed E-state index contributed by atoms with van der Waals surface area (Å²) in [4.78, 5) is 24.3. The average molecular weight is 234 g/mol. The molecule has 0 aliphatic heterocycles. The van der Waals surface area contributed by atoms with Gasteiger partial charge < -0.3 is 5.73 Å². The van der Waals surface area contributed by atoms with Crippen LogP contribution in [0.2, 0.25) is 0 Å². The van der Waals surface area contributed by atoms with Gasteiger partial charge in [0, 0.05) is 6.20 Å². The summed E-state index contributed by atoms with van der Waals surface area (Å²) in [6.07, 6.45) is 1.68. The van der Waals surface area contributed by atoms with Crippen LogP contribution in [0, 0.1) is 13.8 Å². The lowest BCUT2D eigenvalue weighted by atomic mass is 10.3. The lowest BCUT2D eigenvalue weighted by Gasteiger charge is -1.97. The molecule has 2 aromatic rings. The normalized spacial score (nSPS) is 10.4.